The first kappa shape index (κ1) is 24.9. The summed E-state index contributed by atoms with van der Waals surface area (Å²) in [6.07, 6.45) is -2.88. The normalized spacial score (nSPS) is 14.2. The summed E-state index contributed by atoms with van der Waals surface area (Å²) in [6.45, 7) is 2.43. The number of aromatic nitrogens is 3. The summed E-state index contributed by atoms with van der Waals surface area (Å²) in [7, 11) is 0. The third-order valence-electron chi connectivity index (χ3n) is 5.94. The summed E-state index contributed by atoms with van der Waals surface area (Å²) in [5.41, 5.74) is 1.14. The summed E-state index contributed by atoms with van der Waals surface area (Å²) < 4.78 is 45.8. The van der Waals surface area contributed by atoms with Crippen LogP contribution in [0.5, 0.6) is 0 Å². The molecule has 3 heterocycles. The summed E-state index contributed by atoms with van der Waals surface area (Å²) >= 11 is 1.32. The summed E-state index contributed by atoms with van der Waals surface area (Å²) in [5, 5.41) is 9.91. The molecular weight excluding hydrogens is 511 g/mol. The van der Waals surface area contributed by atoms with Gasteiger partial charge in [0.25, 0.3) is 11.5 Å². The monoisotopic (exact) mass is 531 g/mol. The number of thiazole rings is 1. The molecule has 1 saturated heterocycles. The first-order chi connectivity index (χ1) is 17.7. The average Bonchev–Trinajstić information content (AvgIpc) is 3.40. The number of rotatable bonds is 5. The minimum Gasteiger partial charge on any atom is -0.378 e. The number of carbonyl (C=O) groups is 1. The molecule has 0 unspecified atom stereocenters. The summed E-state index contributed by atoms with van der Waals surface area (Å²) in [6, 6.07) is 8.77. The Hall–Kier alpha value is -3.81. The molecule has 4 aromatic rings. The Morgan fingerprint density at radius 1 is 1.14 bits per heavy atom. The molecule has 2 N–H and O–H groups in total. The zero-order chi connectivity index (χ0) is 26.2. The lowest BCUT2D eigenvalue weighted by Gasteiger charge is -2.25. The van der Waals surface area contributed by atoms with Crippen molar-refractivity contribution in [1.29, 1.82) is 0 Å². The SMILES string of the molecule is O=C(NO)c1ccc2c(=O)n(Cc3ccc(C(F)(F)F)cc3)c(-c3cnc(N4CCOCC4)s3)nc2c1. The molecule has 1 aliphatic heterocycles. The van der Waals surface area contributed by atoms with Gasteiger partial charge in [0.1, 0.15) is 0 Å². The van der Waals surface area contributed by atoms with E-state index in [1.165, 1.54) is 46.2 Å². The fourth-order valence-electron chi connectivity index (χ4n) is 4.01. The molecule has 0 radical (unpaired) electrons. The number of nitrogens with zero attached hydrogens (tertiary/aromatic N) is 4. The first-order valence-electron chi connectivity index (χ1n) is 11.2. The van der Waals surface area contributed by atoms with Crippen LogP contribution in [0.25, 0.3) is 21.6 Å². The van der Waals surface area contributed by atoms with Crippen LogP contribution < -0.4 is 15.9 Å². The maximum Gasteiger partial charge on any atom is 0.416 e. The van der Waals surface area contributed by atoms with E-state index in [1.807, 2.05) is 0 Å². The second kappa shape index (κ2) is 9.92. The van der Waals surface area contributed by atoms with Gasteiger partial charge < -0.3 is 9.64 Å². The van der Waals surface area contributed by atoms with Crippen molar-refractivity contribution < 1.29 is 27.9 Å². The number of fused-ring (bicyclic) bond motifs is 1. The van der Waals surface area contributed by atoms with E-state index < -0.39 is 23.2 Å². The maximum absolute atomic E-state index is 13.6. The number of ether oxygens (including phenoxy) is 1. The lowest BCUT2D eigenvalue weighted by atomic mass is 10.1. The van der Waals surface area contributed by atoms with E-state index in [0.717, 1.165) is 17.3 Å². The van der Waals surface area contributed by atoms with Gasteiger partial charge in [-0.1, -0.05) is 23.5 Å². The van der Waals surface area contributed by atoms with Gasteiger partial charge in [-0.25, -0.2) is 15.4 Å². The number of hydroxylamine groups is 1. The smallest absolute Gasteiger partial charge is 0.378 e. The molecule has 192 valence electrons. The number of benzene rings is 2. The van der Waals surface area contributed by atoms with Crippen LogP contribution >= 0.6 is 11.3 Å². The van der Waals surface area contributed by atoms with Crippen molar-refractivity contribution in [2.45, 2.75) is 12.7 Å². The molecule has 9 nitrogen and oxygen atoms in total. The van der Waals surface area contributed by atoms with Crippen LogP contribution in [0.15, 0.2) is 53.5 Å². The fourth-order valence-corrected chi connectivity index (χ4v) is 4.98. The van der Waals surface area contributed by atoms with Gasteiger partial charge in [0.15, 0.2) is 11.0 Å². The van der Waals surface area contributed by atoms with Crippen LogP contribution in [0.3, 0.4) is 0 Å². The first-order valence-corrected chi connectivity index (χ1v) is 12.0. The highest BCUT2D eigenvalue weighted by Gasteiger charge is 2.30. The van der Waals surface area contributed by atoms with E-state index in [1.54, 1.807) is 11.7 Å². The molecule has 37 heavy (non-hydrogen) atoms. The molecule has 2 aromatic heterocycles. The number of morpholine rings is 1. The lowest BCUT2D eigenvalue weighted by molar-refractivity contribution is -0.137. The number of nitrogens with one attached hydrogen (secondary N) is 1. The van der Waals surface area contributed by atoms with Crippen LogP contribution in [0.2, 0.25) is 0 Å². The van der Waals surface area contributed by atoms with Crippen molar-refractivity contribution in [2.75, 3.05) is 31.2 Å². The standard InChI is InChI=1S/C24H20F3N5O4S/c25-24(26,27)16-4-1-14(2-5-16)13-32-20(19-12-28-23(37-19)31-7-9-36-10-8-31)29-18-11-15(21(33)30-35)3-6-17(18)22(32)34/h1-6,11-12,35H,7-10,13H2,(H,30,33). The largest absolute Gasteiger partial charge is 0.416 e. The van der Waals surface area contributed by atoms with Gasteiger partial charge in [-0.3, -0.25) is 19.4 Å². The quantitative estimate of drug-likeness (QED) is 0.300. The minimum atomic E-state index is -4.47. The average molecular weight is 532 g/mol. The summed E-state index contributed by atoms with van der Waals surface area (Å²) in [5.74, 6) is -0.498. The zero-order valence-corrected chi connectivity index (χ0v) is 20.0. The number of halogens is 3. The molecule has 1 fully saturated rings. The van der Waals surface area contributed by atoms with Crippen molar-refractivity contribution in [3.05, 3.63) is 75.7 Å². The summed E-state index contributed by atoms with van der Waals surface area (Å²) in [4.78, 5) is 37.2. The van der Waals surface area contributed by atoms with E-state index in [2.05, 4.69) is 14.9 Å². The van der Waals surface area contributed by atoms with Crippen LogP contribution in [0.1, 0.15) is 21.5 Å². The lowest BCUT2D eigenvalue weighted by Crippen LogP contribution is -2.36. The van der Waals surface area contributed by atoms with Crippen LogP contribution in [0.4, 0.5) is 18.3 Å². The highest BCUT2D eigenvalue weighted by molar-refractivity contribution is 7.18. The third-order valence-corrected chi connectivity index (χ3v) is 6.99. The van der Waals surface area contributed by atoms with Crippen molar-refractivity contribution >= 4 is 33.3 Å². The fraction of sp³-hybridized carbons (Fsp3) is 0.250. The molecular formula is C24H20F3N5O4S. The van der Waals surface area contributed by atoms with Gasteiger partial charge in [-0.05, 0) is 35.9 Å². The van der Waals surface area contributed by atoms with Gasteiger partial charge in [0.05, 0.1) is 47.3 Å². The molecule has 1 aliphatic rings. The Bertz CT molecular complexity index is 1510. The number of hydrogen-bond acceptors (Lipinski definition) is 8. The molecule has 0 bridgehead atoms. The Kier molecular flexibility index (Phi) is 6.67. The second-order valence-electron chi connectivity index (χ2n) is 8.30. The van der Waals surface area contributed by atoms with Gasteiger partial charge >= 0.3 is 6.18 Å². The van der Waals surface area contributed by atoms with E-state index >= 15 is 0 Å². The number of alkyl halides is 3. The Labute approximate surface area is 211 Å². The molecule has 0 aliphatic carbocycles. The van der Waals surface area contributed by atoms with Gasteiger partial charge in [-0.2, -0.15) is 13.2 Å². The zero-order valence-electron chi connectivity index (χ0n) is 19.2. The number of amides is 1. The molecule has 0 atom stereocenters. The molecule has 2 aromatic carbocycles. The molecule has 0 spiro atoms. The van der Waals surface area contributed by atoms with E-state index in [-0.39, 0.29) is 28.8 Å². The minimum absolute atomic E-state index is 0.0289. The Morgan fingerprint density at radius 3 is 2.54 bits per heavy atom. The van der Waals surface area contributed by atoms with Crippen molar-refractivity contribution in [1.82, 2.24) is 20.0 Å². The van der Waals surface area contributed by atoms with Crippen LogP contribution in [0, 0.1) is 0 Å². The van der Waals surface area contributed by atoms with Crippen molar-refractivity contribution in [3.8, 4) is 10.7 Å². The molecule has 13 heteroatoms. The maximum atomic E-state index is 13.6. The van der Waals surface area contributed by atoms with Crippen LogP contribution in [-0.2, 0) is 17.5 Å². The number of carbonyl (C=O) groups excluding carboxylic acids is 1. The predicted octanol–water partition coefficient (Wildman–Crippen LogP) is 3.54. The van der Waals surface area contributed by atoms with Crippen molar-refractivity contribution in [3.63, 3.8) is 0 Å². The Morgan fingerprint density at radius 2 is 1.86 bits per heavy atom. The third kappa shape index (κ3) is 5.05. The second-order valence-corrected chi connectivity index (χ2v) is 9.31. The highest BCUT2D eigenvalue weighted by Crippen LogP contribution is 2.32. The van der Waals surface area contributed by atoms with Gasteiger partial charge in [0, 0.05) is 18.7 Å². The molecule has 5 rings (SSSR count). The van der Waals surface area contributed by atoms with E-state index in [4.69, 9.17) is 9.94 Å². The topological polar surface area (TPSA) is 110 Å². The Balaban J connectivity index is 1.62. The van der Waals surface area contributed by atoms with Crippen LogP contribution in [-0.4, -0.2) is 52.0 Å². The van der Waals surface area contributed by atoms with Gasteiger partial charge in [0.2, 0.25) is 0 Å². The van der Waals surface area contributed by atoms with Gasteiger partial charge in [-0.15, -0.1) is 0 Å². The van der Waals surface area contributed by atoms with E-state index in [9.17, 15) is 22.8 Å². The predicted molar refractivity (Wildman–Crippen MR) is 130 cm³/mol. The van der Waals surface area contributed by atoms with E-state index in [0.29, 0.717) is 36.7 Å². The van der Waals surface area contributed by atoms with Crippen molar-refractivity contribution in [2.24, 2.45) is 0 Å². The molecule has 1 amide bonds. The number of anilines is 1. The number of hydrogen-bond donors (Lipinski definition) is 2. The molecule has 0 saturated carbocycles. The highest BCUT2D eigenvalue weighted by atomic mass is 32.1.